The van der Waals surface area contributed by atoms with Gasteiger partial charge in [0.1, 0.15) is 5.82 Å². The van der Waals surface area contributed by atoms with Gasteiger partial charge in [-0.05, 0) is 28.4 Å². The lowest BCUT2D eigenvalue weighted by atomic mass is 10.1. The molecule has 1 aromatic heterocycles. The quantitative estimate of drug-likeness (QED) is 0.782. The molecule has 1 unspecified atom stereocenters. The first-order valence-electron chi connectivity index (χ1n) is 7.12. The van der Waals surface area contributed by atoms with Gasteiger partial charge in [0, 0.05) is 32.4 Å². The van der Waals surface area contributed by atoms with E-state index in [1.165, 1.54) is 0 Å². The van der Waals surface area contributed by atoms with Crippen LogP contribution < -0.4 is 10.6 Å². The van der Waals surface area contributed by atoms with E-state index in [0.29, 0.717) is 10.0 Å². The Kier molecular flexibility index (Phi) is 6.22. The van der Waals surface area contributed by atoms with Crippen molar-refractivity contribution < 1.29 is 0 Å². The van der Waals surface area contributed by atoms with Gasteiger partial charge in [0.05, 0.1) is 20.5 Å². The van der Waals surface area contributed by atoms with E-state index >= 15 is 0 Å². The van der Waals surface area contributed by atoms with Crippen molar-refractivity contribution in [2.24, 2.45) is 5.73 Å². The molecule has 116 valence electrons. The Morgan fingerprint density at radius 2 is 2.14 bits per heavy atom. The predicted octanol–water partition coefficient (Wildman–Crippen LogP) is 3.07. The molecule has 2 rings (SSSR count). The number of nitrogens with two attached hydrogens (primary N) is 1. The lowest BCUT2D eigenvalue weighted by molar-refractivity contribution is 0.219. The highest BCUT2D eigenvalue weighted by Gasteiger charge is 2.26. The molecule has 0 spiro atoms. The van der Waals surface area contributed by atoms with Crippen molar-refractivity contribution >= 4 is 50.6 Å². The van der Waals surface area contributed by atoms with Crippen LogP contribution in [0.5, 0.6) is 0 Å². The van der Waals surface area contributed by atoms with E-state index in [0.717, 1.165) is 49.3 Å². The third-order valence-corrected chi connectivity index (χ3v) is 4.80. The standard InChI is InChI=1S/C14H20BrClN4S/c1-2-3-12(13(17)21)19-4-6-20(7-5-19)14-11(15)8-10(16)9-18-14/h8-9,12H,2-7H2,1H3,(H2,17,21). The summed E-state index contributed by atoms with van der Waals surface area (Å²) in [7, 11) is 0. The number of aromatic nitrogens is 1. The fourth-order valence-electron chi connectivity index (χ4n) is 2.66. The molecule has 1 fully saturated rings. The second kappa shape index (κ2) is 7.72. The number of rotatable bonds is 5. The summed E-state index contributed by atoms with van der Waals surface area (Å²) in [5.74, 6) is 0.946. The fourth-order valence-corrected chi connectivity index (χ4v) is 3.82. The van der Waals surface area contributed by atoms with Gasteiger partial charge in [-0.2, -0.15) is 0 Å². The number of anilines is 1. The molecule has 21 heavy (non-hydrogen) atoms. The van der Waals surface area contributed by atoms with Gasteiger partial charge in [-0.25, -0.2) is 4.98 Å². The number of nitrogens with zero attached hydrogens (tertiary/aromatic N) is 3. The van der Waals surface area contributed by atoms with E-state index in [-0.39, 0.29) is 6.04 Å². The van der Waals surface area contributed by atoms with Crippen LogP contribution in [-0.4, -0.2) is 47.1 Å². The minimum absolute atomic E-state index is 0.216. The van der Waals surface area contributed by atoms with E-state index in [1.54, 1.807) is 6.20 Å². The highest BCUT2D eigenvalue weighted by molar-refractivity contribution is 9.10. The molecule has 1 aromatic rings. The SMILES string of the molecule is CCCC(C(N)=S)N1CCN(c2ncc(Cl)cc2Br)CC1. The number of hydrogen-bond donors (Lipinski definition) is 1. The number of thiocarbonyl (C=S) groups is 1. The Hall–Kier alpha value is -0.430. The third kappa shape index (κ3) is 4.28. The van der Waals surface area contributed by atoms with Crippen LogP contribution in [0.3, 0.4) is 0 Å². The second-order valence-electron chi connectivity index (χ2n) is 5.19. The second-order valence-corrected chi connectivity index (χ2v) is 6.95. The van der Waals surface area contributed by atoms with E-state index in [4.69, 9.17) is 29.6 Å². The van der Waals surface area contributed by atoms with Crippen LogP contribution in [0.15, 0.2) is 16.7 Å². The number of pyridine rings is 1. The first kappa shape index (κ1) is 16.9. The molecule has 1 aliphatic heterocycles. The maximum atomic E-state index is 5.94. The molecule has 0 amide bonds. The Morgan fingerprint density at radius 3 is 2.67 bits per heavy atom. The number of hydrogen-bond acceptors (Lipinski definition) is 4. The fraction of sp³-hybridized carbons (Fsp3) is 0.571. The first-order valence-corrected chi connectivity index (χ1v) is 8.70. The summed E-state index contributed by atoms with van der Waals surface area (Å²) in [6.45, 7) is 5.87. The number of piperazine rings is 1. The lowest BCUT2D eigenvalue weighted by Crippen LogP contribution is -2.54. The smallest absolute Gasteiger partial charge is 0.143 e. The van der Waals surface area contributed by atoms with Crippen LogP contribution in [0.1, 0.15) is 19.8 Å². The van der Waals surface area contributed by atoms with Gasteiger partial charge >= 0.3 is 0 Å². The molecule has 1 saturated heterocycles. The maximum Gasteiger partial charge on any atom is 0.143 e. The summed E-state index contributed by atoms with van der Waals surface area (Å²) in [4.78, 5) is 9.67. The summed E-state index contributed by atoms with van der Waals surface area (Å²) >= 11 is 14.7. The highest BCUT2D eigenvalue weighted by Crippen LogP contribution is 2.27. The van der Waals surface area contributed by atoms with E-state index in [1.807, 2.05) is 6.07 Å². The molecule has 4 nitrogen and oxygen atoms in total. The Morgan fingerprint density at radius 1 is 1.48 bits per heavy atom. The highest BCUT2D eigenvalue weighted by atomic mass is 79.9. The largest absolute Gasteiger partial charge is 0.392 e. The van der Waals surface area contributed by atoms with Gasteiger partial charge in [0.25, 0.3) is 0 Å². The van der Waals surface area contributed by atoms with Crippen molar-refractivity contribution in [1.82, 2.24) is 9.88 Å². The summed E-state index contributed by atoms with van der Waals surface area (Å²) < 4.78 is 0.933. The molecule has 1 atom stereocenters. The van der Waals surface area contributed by atoms with Gasteiger partial charge in [-0.1, -0.05) is 37.2 Å². The zero-order chi connectivity index (χ0) is 15.4. The molecular weight excluding hydrogens is 372 g/mol. The van der Waals surface area contributed by atoms with E-state index in [9.17, 15) is 0 Å². The third-order valence-electron chi connectivity index (χ3n) is 3.73. The summed E-state index contributed by atoms with van der Waals surface area (Å²) in [6.07, 6.45) is 3.80. The van der Waals surface area contributed by atoms with Crippen LogP contribution in [0.4, 0.5) is 5.82 Å². The summed E-state index contributed by atoms with van der Waals surface area (Å²) in [6, 6.07) is 2.10. The monoisotopic (exact) mass is 390 g/mol. The normalized spacial score (nSPS) is 17.8. The molecule has 0 bridgehead atoms. The van der Waals surface area contributed by atoms with Crippen molar-refractivity contribution in [2.45, 2.75) is 25.8 Å². The molecule has 2 N–H and O–H groups in total. The Labute approximate surface area is 144 Å². The molecular formula is C14H20BrClN4S. The van der Waals surface area contributed by atoms with Gasteiger partial charge in [-0.3, -0.25) is 4.90 Å². The summed E-state index contributed by atoms with van der Waals surface area (Å²) in [5, 5.41) is 0.640. The van der Waals surface area contributed by atoms with Crippen molar-refractivity contribution in [2.75, 3.05) is 31.1 Å². The predicted molar refractivity (Wildman–Crippen MR) is 96.2 cm³/mol. The molecule has 0 radical (unpaired) electrons. The molecule has 0 aromatic carbocycles. The van der Waals surface area contributed by atoms with E-state index in [2.05, 4.69) is 37.6 Å². The van der Waals surface area contributed by atoms with Gasteiger partial charge < -0.3 is 10.6 Å². The maximum absolute atomic E-state index is 5.94. The van der Waals surface area contributed by atoms with Crippen molar-refractivity contribution in [3.05, 3.63) is 21.8 Å². The number of halogens is 2. The van der Waals surface area contributed by atoms with Crippen molar-refractivity contribution in [1.29, 1.82) is 0 Å². The van der Waals surface area contributed by atoms with Crippen LogP contribution in [0, 0.1) is 0 Å². The van der Waals surface area contributed by atoms with Crippen LogP contribution >= 0.6 is 39.7 Å². The molecule has 0 aliphatic carbocycles. The first-order chi connectivity index (χ1) is 10.0. The van der Waals surface area contributed by atoms with Gasteiger partial charge in [0.15, 0.2) is 0 Å². The molecule has 7 heteroatoms. The zero-order valence-corrected chi connectivity index (χ0v) is 15.2. The van der Waals surface area contributed by atoms with E-state index < -0.39 is 0 Å². The average Bonchev–Trinajstić information content (AvgIpc) is 2.45. The Balaban J connectivity index is 2.01. The van der Waals surface area contributed by atoms with Crippen LogP contribution in [-0.2, 0) is 0 Å². The van der Waals surface area contributed by atoms with Gasteiger partial charge in [-0.15, -0.1) is 0 Å². The topological polar surface area (TPSA) is 45.4 Å². The average molecular weight is 392 g/mol. The lowest BCUT2D eigenvalue weighted by Gasteiger charge is -2.39. The molecule has 2 heterocycles. The Bertz CT molecular complexity index is 506. The van der Waals surface area contributed by atoms with Crippen molar-refractivity contribution in [3.63, 3.8) is 0 Å². The van der Waals surface area contributed by atoms with Crippen LogP contribution in [0.2, 0.25) is 5.02 Å². The summed E-state index contributed by atoms with van der Waals surface area (Å²) in [5.41, 5.74) is 5.88. The van der Waals surface area contributed by atoms with Crippen LogP contribution in [0.25, 0.3) is 0 Å². The molecule has 1 aliphatic rings. The van der Waals surface area contributed by atoms with Crippen molar-refractivity contribution in [3.8, 4) is 0 Å². The molecule has 0 saturated carbocycles. The minimum Gasteiger partial charge on any atom is -0.392 e. The minimum atomic E-state index is 0.216. The zero-order valence-electron chi connectivity index (χ0n) is 12.1. The van der Waals surface area contributed by atoms with Gasteiger partial charge in [0.2, 0.25) is 0 Å².